The van der Waals surface area contributed by atoms with Crippen LogP contribution in [0.2, 0.25) is 0 Å². The summed E-state index contributed by atoms with van der Waals surface area (Å²) in [6.45, 7) is 7.57. The molecule has 62 valence electrons. The van der Waals surface area contributed by atoms with Gasteiger partial charge in [0.2, 0.25) is 0 Å². The van der Waals surface area contributed by atoms with Crippen LogP contribution in [0.1, 0.15) is 5.56 Å². The van der Waals surface area contributed by atoms with Crippen molar-refractivity contribution in [3.05, 3.63) is 60.7 Å². The van der Waals surface area contributed by atoms with E-state index in [0.29, 0.717) is 0 Å². The van der Waals surface area contributed by atoms with Crippen LogP contribution < -0.4 is 0 Å². The Balaban J connectivity index is 2.62. The molecule has 0 spiro atoms. The second-order valence-electron chi connectivity index (χ2n) is 2.52. The molecular weight excluding hydrogens is 163 g/mol. The lowest BCUT2D eigenvalue weighted by molar-refractivity contribution is 1.41. The predicted octanol–water partition coefficient (Wildman–Crippen LogP) is 3.96. The zero-order chi connectivity index (χ0) is 8.81. The monoisotopic (exact) mass is 176 g/mol. The summed E-state index contributed by atoms with van der Waals surface area (Å²) in [6, 6.07) is 10.4. The van der Waals surface area contributed by atoms with Gasteiger partial charge in [-0.05, 0) is 11.7 Å². The molecule has 0 heterocycles. The van der Waals surface area contributed by atoms with Crippen LogP contribution in [0.5, 0.6) is 0 Å². The van der Waals surface area contributed by atoms with E-state index in [9.17, 15) is 0 Å². The van der Waals surface area contributed by atoms with E-state index in [1.165, 1.54) is 5.56 Å². The minimum absolute atomic E-state index is 0.205. The number of rotatable bonds is 4. The zero-order valence-electron chi connectivity index (χ0n) is 7.11. The van der Waals surface area contributed by atoms with Gasteiger partial charge in [-0.3, -0.25) is 0 Å². The van der Waals surface area contributed by atoms with Crippen molar-refractivity contribution in [2.24, 2.45) is 0 Å². The molecule has 0 saturated heterocycles. The highest BCUT2D eigenvalue weighted by Crippen LogP contribution is 2.41. The first-order valence-corrected chi connectivity index (χ1v) is 5.58. The maximum atomic E-state index is 3.79. The zero-order valence-corrected chi connectivity index (χ0v) is 8.00. The van der Waals surface area contributed by atoms with Crippen LogP contribution in [0.25, 0.3) is 0 Å². The summed E-state index contributed by atoms with van der Waals surface area (Å²) in [6.07, 6.45) is 1.07. The summed E-state index contributed by atoms with van der Waals surface area (Å²) in [5.41, 5.74) is 1.36. The Kier molecular flexibility index (Phi) is 3.76. The predicted molar refractivity (Wildman–Crippen MR) is 57.5 cm³/mol. The summed E-state index contributed by atoms with van der Waals surface area (Å²) in [5.74, 6) is 3.99. The molecule has 12 heavy (non-hydrogen) atoms. The van der Waals surface area contributed by atoms with Crippen LogP contribution >= 0.6 is 7.92 Å². The fourth-order valence-corrected chi connectivity index (χ4v) is 2.04. The molecule has 0 aliphatic rings. The molecular formula is C11H13P. The molecule has 1 rings (SSSR count). The van der Waals surface area contributed by atoms with Gasteiger partial charge in [-0.15, -0.1) is 0 Å². The van der Waals surface area contributed by atoms with E-state index < -0.39 is 0 Å². The Hall–Kier alpha value is -0.870. The standard InChI is InChI=1S/C11H13P/c1-3-12(4-2)10-11-8-6-5-7-9-11/h3-9H,1-2,10H2. The van der Waals surface area contributed by atoms with Crippen LogP contribution in [0.3, 0.4) is 0 Å². The average molecular weight is 176 g/mol. The highest BCUT2D eigenvalue weighted by Gasteiger charge is 1.98. The van der Waals surface area contributed by atoms with Gasteiger partial charge in [0.05, 0.1) is 0 Å². The maximum Gasteiger partial charge on any atom is -0.000392 e. The molecule has 0 bridgehead atoms. The molecule has 0 aliphatic carbocycles. The van der Waals surface area contributed by atoms with E-state index in [0.717, 1.165) is 6.16 Å². The molecule has 1 aromatic carbocycles. The molecule has 0 nitrogen and oxygen atoms in total. The molecule has 0 saturated carbocycles. The van der Waals surface area contributed by atoms with Crippen LogP contribution in [0, 0.1) is 0 Å². The first-order valence-electron chi connectivity index (χ1n) is 3.91. The summed E-state index contributed by atoms with van der Waals surface area (Å²) >= 11 is 0. The van der Waals surface area contributed by atoms with Crippen LogP contribution in [-0.4, -0.2) is 0 Å². The van der Waals surface area contributed by atoms with Gasteiger partial charge in [0.25, 0.3) is 0 Å². The van der Waals surface area contributed by atoms with Gasteiger partial charge in [0.15, 0.2) is 0 Å². The summed E-state index contributed by atoms with van der Waals surface area (Å²) < 4.78 is 0. The molecule has 0 N–H and O–H groups in total. The normalized spacial score (nSPS) is 9.75. The molecule has 0 atom stereocenters. The van der Waals surface area contributed by atoms with Gasteiger partial charge in [-0.2, -0.15) is 0 Å². The molecule has 0 unspecified atom stereocenters. The Morgan fingerprint density at radius 3 is 2.17 bits per heavy atom. The summed E-state index contributed by atoms with van der Waals surface area (Å²) in [5, 5.41) is 0. The van der Waals surface area contributed by atoms with Gasteiger partial charge >= 0.3 is 0 Å². The van der Waals surface area contributed by atoms with E-state index in [1.807, 2.05) is 17.7 Å². The summed E-state index contributed by atoms with van der Waals surface area (Å²) in [4.78, 5) is 0. The Morgan fingerprint density at radius 1 is 1.08 bits per heavy atom. The lowest BCUT2D eigenvalue weighted by Gasteiger charge is -2.06. The van der Waals surface area contributed by atoms with Crippen molar-refractivity contribution < 1.29 is 0 Å². The molecule has 0 fully saturated rings. The molecule has 1 aromatic rings. The molecule has 0 amide bonds. The number of hydrogen-bond acceptors (Lipinski definition) is 0. The van der Waals surface area contributed by atoms with E-state index in [2.05, 4.69) is 37.4 Å². The Morgan fingerprint density at radius 2 is 1.67 bits per heavy atom. The molecule has 0 aromatic heterocycles. The first-order chi connectivity index (χ1) is 5.86. The molecule has 0 aliphatic heterocycles. The number of benzene rings is 1. The van der Waals surface area contributed by atoms with E-state index in [1.54, 1.807) is 0 Å². The highest BCUT2D eigenvalue weighted by atomic mass is 31.1. The second kappa shape index (κ2) is 4.90. The Labute approximate surface area is 75.4 Å². The lowest BCUT2D eigenvalue weighted by Crippen LogP contribution is -1.78. The van der Waals surface area contributed by atoms with Crippen LogP contribution in [0.4, 0.5) is 0 Å². The van der Waals surface area contributed by atoms with Crippen molar-refractivity contribution >= 4 is 7.92 Å². The van der Waals surface area contributed by atoms with Gasteiger partial charge in [-0.1, -0.05) is 63.0 Å². The minimum Gasteiger partial charge on any atom is -0.0983 e. The highest BCUT2D eigenvalue weighted by molar-refractivity contribution is 7.63. The third-order valence-electron chi connectivity index (χ3n) is 1.68. The van der Waals surface area contributed by atoms with Crippen LogP contribution in [0.15, 0.2) is 55.1 Å². The molecule has 0 radical (unpaired) electrons. The van der Waals surface area contributed by atoms with E-state index in [4.69, 9.17) is 0 Å². The summed E-state index contributed by atoms with van der Waals surface area (Å²) in [7, 11) is -0.205. The van der Waals surface area contributed by atoms with Crippen molar-refractivity contribution in [3.8, 4) is 0 Å². The number of hydrogen-bond donors (Lipinski definition) is 0. The fraction of sp³-hybridized carbons (Fsp3) is 0.0909. The van der Waals surface area contributed by atoms with Crippen molar-refractivity contribution in [2.45, 2.75) is 6.16 Å². The van der Waals surface area contributed by atoms with E-state index in [-0.39, 0.29) is 7.92 Å². The topological polar surface area (TPSA) is 0 Å². The van der Waals surface area contributed by atoms with Gasteiger partial charge in [-0.25, -0.2) is 0 Å². The maximum absolute atomic E-state index is 3.79. The third kappa shape index (κ3) is 2.64. The van der Waals surface area contributed by atoms with Crippen molar-refractivity contribution in [1.82, 2.24) is 0 Å². The van der Waals surface area contributed by atoms with E-state index >= 15 is 0 Å². The van der Waals surface area contributed by atoms with Gasteiger partial charge < -0.3 is 0 Å². The van der Waals surface area contributed by atoms with Crippen LogP contribution in [-0.2, 0) is 6.16 Å². The smallest absolute Gasteiger partial charge is 0.000392 e. The molecule has 1 heteroatoms. The van der Waals surface area contributed by atoms with Crippen molar-refractivity contribution in [3.63, 3.8) is 0 Å². The SMILES string of the molecule is C=CP(C=C)Cc1ccccc1. The first kappa shape index (κ1) is 9.22. The fourth-order valence-electron chi connectivity index (χ4n) is 0.998. The Bertz CT molecular complexity index is 243. The lowest BCUT2D eigenvalue weighted by atomic mass is 10.2. The van der Waals surface area contributed by atoms with Crippen molar-refractivity contribution in [2.75, 3.05) is 0 Å². The average Bonchev–Trinajstić information content (AvgIpc) is 2.16. The van der Waals surface area contributed by atoms with Gasteiger partial charge in [0, 0.05) is 0 Å². The third-order valence-corrected chi connectivity index (χ3v) is 3.35. The minimum atomic E-state index is -0.205. The second-order valence-corrected chi connectivity index (χ2v) is 4.60. The largest absolute Gasteiger partial charge is 0.0983 e. The van der Waals surface area contributed by atoms with Gasteiger partial charge in [0.1, 0.15) is 0 Å². The van der Waals surface area contributed by atoms with Crippen molar-refractivity contribution in [1.29, 1.82) is 0 Å². The quantitative estimate of drug-likeness (QED) is 0.609.